The van der Waals surface area contributed by atoms with Crippen molar-refractivity contribution >= 4 is 47.0 Å². The van der Waals surface area contributed by atoms with Crippen LogP contribution in [0.1, 0.15) is 12.8 Å². The van der Waals surface area contributed by atoms with Gasteiger partial charge < -0.3 is 0 Å². The van der Waals surface area contributed by atoms with Crippen molar-refractivity contribution in [1.29, 1.82) is 0 Å². The maximum absolute atomic E-state index is 2.26. The predicted molar refractivity (Wildman–Crippen MR) is 74.2 cm³/mol. The van der Waals surface area contributed by atoms with Crippen LogP contribution >= 0.6 is 47.0 Å². The second kappa shape index (κ2) is 4.72. The zero-order valence-electron chi connectivity index (χ0n) is 8.19. The number of thioether (sulfide) groups is 4. The fourth-order valence-electron chi connectivity index (χ4n) is 2.56. The summed E-state index contributed by atoms with van der Waals surface area (Å²) in [6, 6.07) is 0. The molecule has 0 bridgehead atoms. The fourth-order valence-corrected chi connectivity index (χ4v) is 9.18. The van der Waals surface area contributed by atoms with E-state index in [1.165, 1.54) is 35.9 Å². The molecule has 3 aliphatic rings. The third-order valence-corrected chi connectivity index (χ3v) is 9.67. The molecule has 0 aromatic rings. The third kappa shape index (κ3) is 2.09. The molecule has 0 radical (unpaired) electrons. The van der Waals surface area contributed by atoms with Crippen LogP contribution in [-0.2, 0) is 0 Å². The second-order valence-electron chi connectivity index (χ2n) is 4.11. The Labute approximate surface area is 103 Å². The molecule has 2 heterocycles. The van der Waals surface area contributed by atoms with Gasteiger partial charge in [-0.3, -0.25) is 0 Å². The van der Waals surface area contributed by atoms with Crippen molar-refractivity contribution in [2.24, 2.45) is 0 Å². The molecule has 0 spiro atoms. The topological polar surface area (TPSA) is 0 Å². The minimum atomic E-state index is 1.00. The van der Waals surface area contributed by atoms with Crippen LogP contribution in [-0.4, -0.2) is 44.0 Å². The van der Waals surface area contributed by atoms with Crippen LogP contribution in [0, 0.1) is 0 Å². The van der Waals surface area contributed by atoms with E-state index in [9.17, 15) is 0 Å². The molecule has 4 unspecified atom stereocenters. The Morgan fingerprint density at radius 3 is 1.07 bits per heavy atom. The van der Waals surface area contributed by atoms with Crippen molar-refractivity contribution in [2.45, 2.75) is 33.8 Å². The molecule has 1 aliphatic carbocycles. The van der Waals surface area contributed by atoms with Gasteiger partial charge in [-0.05, 0) is 12.8 Å². The zero-order chi connectivity index (χ0) is 9.38. The van der Waals surface area contributed by atoms with Gasteiger partial charge >= 0.3 is 0 Å². The zero-order valence-corrected chi connectivity index (χ0v) is 11.5. The number of hydrogen-bond donors (Lipinski definition) is 0. The molecule has 2 saturated heterocycles. The van der Waals surface area contributed by atoms with Crippen LogP contribution in [0.3, 0.4) is 0 Å². The lowest BCUT2D eigenvalue weighted by Gasteiger charge is -2.44. The van der Waals surface area contributed by atoms with E-state index in [4.69, 9.17) is 0 Å². The van der Waals surface area contributed by atoms with Crippen LogP contribution in [0.5, 0.6) is 0 Å². The quantitative estimate of drug-likeness (QED) is 0.658. The summed E-state index contributed by atoms with van der Waals surface area (Å²) in [5.41, 5.74) is 0. The average molecular weight is 265 g/mol. The molecule has 4 heteroatoms. The molecule has 2 aliphatic heterocycles. The molecule has 3 fully saturated rings. The molecular formula is C10H16S4. The first kappa shape index (κ1) is 10.5. The lowest BCUT2D eigenvalue weighted by Crippen LogP contribution is -2.42. The highest BCUT2D eigenvalue weighted by atomic mass is 32.2. The van der Waals surface area contributed by atoms with E-state index in [1.54, 1.807) is 0 Å². The molecular weight excluding hydrogens is 248 g/mol. The van der Waals surface area contributed by atoms with Crippen molar-refractivity contribution in [2.75, 3.05) is 23.0 Å². The molecule has 0 nitrogen and oxygen atoms in total. The summed E-state index contributed by atoms with van der Waals surface area (Å²) in [7, 11) is 0. The molecule has 0 N–H and O–H groups in total. The number of fused-ring (bicyclic) bond motifs is 2. The molecule has 3 rings (SSSR count). The van der Waals surface area contributed by atoms with E-state index in [2.05, 4.69) is 47.0 Å². The maximum atomic E-state index is 2.26. The SMILES string of the molecule is C1CSC2CC3SCCSC3CC2S1. The molecule has 0 aromatic heterocycles. The van der Waals surface area contributed by atoms with Gasteiger partial charge in [-0.1, -0.05) is 0 Å². The summed E-state index contributed by atoms with van der Waals surface area (Å²) in [6.45, 7) is 0. The number of rotatable bonds is 0. The van der Waals surface area contributed by atoms with Crippen LogP contribution in [0.4, 0.5) is 0 Å². The van der Waals surface area contributed by atoms with E-state index in [1.807, 2.05) is 0 Å². The van der Waals surface area contributed by atoms with Crippen molar-refractivity contribution < 1.29 is 0 Å². The Morgan fingerprint density at radius 2 is 0.786 bits per heavy atom. The molecule has 4 atom stereocenters. The summed E-state index contributed by atoms with van der Waals surface area (Å²) in [5, 5.41) is 4.00. The van der Waals surface area contributed by atoms with E-state index < -0.39 is 0 Å². The monoisotopic (exact) mass is 264 g/mol. The van der Waals surface area contributed by atoms with Gasteiger partial charge in [0.1, 0.15) is 0 Å². The third-order valence-electron chi connectivity index (χ3n) is 3.25. The standard InChI is InChI=1S/C10H16S4/c1-2-12-8-6-10-9(5-7(8)11-1)13-3-4-14-10/h7-10H,1-6H2. The highest BCUT2D eigenvalue weighted by molar-refractivity contribution is 8.08. The Morgan fingerprint density at radius 1 is 0.500 bits per heavy atom. The minimum Gasteiger partial charge on any atom is -0.157 e. The van der Waals surface area contributed by atoms with Crippen molar-refractivity contribution in [3.05, 3.63) is 0 Å². The lowest BCUT2D eigenvalue weighted by atomic mass is 9.98. The Balaban J connectivity index is 1.68. The normalized spacial score (nSPS) is 48.0. The van der Waals surface area contributed by atoms with Crippen LogP contribution < -0.4 is 0 Å². The molecule has 0 aromatic carbocycles. The first-order valence-electron chi connectivity index (χ1n) is 5.40. The van der Waals surface area contributed by atoms with E-state index in [0.29, 0.717) is 0 Å². The summed E-state index contributed by atoms with van der Waals surface area (Å²) in [6.07, 6.45) is 3.01. The van der Waals surface area contributed by atoms with E-state index >= 15 is 0 Å². The van der Waals surface area contributed by atoms with Gasteiger partial charge in [-0.15, -0.1) is 0 Å². The van der Waals surface area contributed by atoms with Gasteiger partial charge in [0, 0.05) is 44.0 Å². The summed E-state index contributed by atoms with van der Waals surface area (Å²) < 4.78 is 0. The smallest absolute Gasteiger partial charge is 0.0178 e. The van der Waals surface area contributed by atoms with Gasteiger partial charge in [0.2, 0.25) is 0 Å². The lowest BCUT2D eigenvalue weighted by molar-refractivity contribution is 0.549. The van der Waals surface area contributed by atoms with Gasteiger partial charge in [-0.2, -0.15) is 47.0 Å². The summed E-state index contributed by atoms with van der Waals surface area (Å²) in [5.74, 6) is 5.62. The molecule has 14 heavy (non-hydrogen) atoms. The highest BCUT2D eigenvalue weighted by Crippen LogP contribution is 2.48. The first-order valence-corrected chi connectivity index (χ1v) is 9.59. The Bertz CT molecular complexity index is 166. The average Bonchev–Trinajstić information content (AvgIpc) is 2.26. The van der Waals surface area contributed by atoms with Gasteiger partial charge in [0.25, 0.3) is 0 Å². The Hall–Kier alpha value is 1.40. The van der Waals surface area contributed by atoms with Gasteiger partial charge in [0.05, 0.1) is 0 Å². The molecule has 1 saturated carbocycles. The highest BCUT2D eigenvalue weighted by Gasteiger charge is 2.40. The van der Waals surface area contributed by atoms with Gasteiger partial charge in [-0.25, -0.2) is 0 Å². The van der Waals surface area contributed by atoms with Crippen LogP contribution in [0.25, 0.3) is 0 Å². The largest absolute Gasteiger partial charge is 0.157 e. The fraction of sp³-hybridized carbons (Fsp3) is 1.00. The van der Waals surface area contributed by atoms with E-state index in [-0.39, 0.29) is 0 Å². The van der Waals surface area contributed by atoms with Crippen molar-refractivity contribution in [3.63, 3.8) is 0 Å². The Kier molecular flexibility index (Phi) is 3.56. The number of hydrogen-bond acceptors (Lipinski definition) is 4. The van der Waals surface area contributed by atoms with Crippen molar-refractivity contribution in [3.8, 4) is 0 Å². The predicted octanol–water partition coefficient (Wildman–Crippen LogP) is 3.21. The molecule has 80 valence electrons. The van der Waals surface area contributed by atoms with Crippen LogP contribution in [0.2, 0.25) is 0 Å². The summed E-state index contributed by atoms with van der Waals surface area (Å²) in [4.78, 5) is 0. The van der Waals surface area contributed by atoms with Gasteiger partial charge in [0.15, 0.2) is 0 Å². The maximum Gasteiger partial charge on any atom is 0.0178 e. The molecule has 0 amide bonds. The second-order valence-corrected chi connectivity index (χ2v) is 9.50. The first-order chi connectivity index (χ1) is 6.93. The van der Waals surface area contributed by atoms with E-state index in [0.717, 1.165) is 21.0 Å². The van der Waals surface area contributed by atoms with Crippen molar-refractivity contribution in [1.82, 2.24) is 0 Å². The van der Waals surface area contributed by atoms with Crippen LogP contribution in [0.15, 0.2) is 0 Å². The minimum absolute atomic E-state index is 1.00. The summed E-state index contributed by atoms with van der Waals surface area (Å²) >= 11 is 9.04.